The lowest BCUT2D eigenvalue weighted by molar-refractivity contribution is 0.209. The maximum absolute atomic E-state index is 13.0. The van der Waals surface area contributed by atoms with Crippen LogP contribution in [-0.4, -0.2) is 26.5 Å². The molecule has 154 valence electrons. The molecule has 3 aromatic heterocycles. The average molecular weight is 457 g/mol. The fraction of sp³-hybridized carbons (Fsp3) is 0.182. The predicted octanol–water partition coefficient (Wildman–Crippen LogP) is 6.69. The molecule has 2 N–H and O–H groups in total. The smallest absolute Gasteiger partial charge is 0.409 e. The molecule has 0 fully saturated rings. The molecule has 0 radical (unpaired) electrons. The average Bonchev–Trinajstić information content (AvgIpc) is 3.40. The highest BCUT2D eigenvalue weighted by Gasteiger charge is 2.27. The van der Waals surface area contributed by atoms with Gasteiger partial charge in [-0.2, -0.15) is 0 Å². The molecule has 1 unspecified atom stereocenters. The first-order valence-corrected chi connectivity index (χ1v) is 12.5. The van der Waals surface area contributed by atoms with Crippen LogP contribution in [0, 0.1) is 0 Å². The Morgan fingerprint density at radius 2 is 2.03 bits per heavy atom. The highest BCUT2D eigenvalue weighted by Crippen LogP contribution is 2.45. The summed E-state index contributed by atoms with van der Waals surface area (Å²) in [5.41, 5.74) is 3.05. The first-order valence-electron chi connectivity index (χ1n) is 9.53. The van der Waals surface area contributed by atoms with Crippen LogP contribution in [0.3, 0.4) is 0 Å². The van der Waals surface area contributed by atoms with Gasteiger partial charge >= 0.3 is 6.09 Å². The van der Waals surface area contributed by atoms with Crippen molar-refractivity contribution < 1.29 is 14.5 Å². The van der Waals surface area contributed by atoms with Crippen molar-refractivity contribution in [1.82, 2.24) is 4.98 Å². The van der Waals surface area contributed by atoms with Gasteiger partial charge in [0.2, 0.25) is 4.21 Å². The number of nitrogens with one attached hydrogen (secondary N) is 1. The molecule has 0 saturated heterocycles. The van der Waals surface area contributed by atoms with E-state index in [4.69, 9.17) is 4.98 Å². The molecule has 0 aliphatic carbocycles. The van der Waals surface area contributed by atoms with E-state index in [1.165, 1.54) is 11.3 Å². The largest absolute Gasteiger partial charge is 0.611 e. The Bertz CT molecular complexity index is 1160. The summed E-state index contributed by atoms with van der Waals surface area (Å²) in [6.07, 6.45) is 0.561. The highest BCUT2D eigenvalue weighted by molar-refractivity contribution is 7.93. The number of unbranched alkanes of at least 4 members (excludes halogenated alkanes) is 1. The lowest BCUT2D eigenvalue weighted by atomic mass is 10.0. The summed E-state index contributed by atoms with van der Waals surface area (Å²) in [5.74, 6) is 0.496. The molecule has 1 amide bonds. The van der Waals surface area contributed by atoms with Crippen LogP contribution in [0.4, 0.5) is 10.5 Å². The van der Waals surface area contributed by atoms with Crippen molar-refractivity contribution in [2.24, 2.45) is 0 Å². The van der Waals surface area contributed by atoms with E-state index < -0.39 is 17.3 Å². The number of hydrogen-bond acceptors (Lipinski definition) is 5. The van der Waals surface area contributed by atoms with E-state index >= 15 is 0 Å². The van der Waals surface area contributed by atoms with E-state index in [0.29, 0.717) is 25.9 Å². The molecule has 0 bridgehead atoms. The molecule has 30 heavy (non-hydrogen) atoms. The number of rotatable bonds is 7. The third-order valence-corrected chi connectivity index (χ3v) is 8.47. The Balaban J connectivity index is 1.99. The Labute approximate surface area is 185 Å². The number of carbonyl (C=O) groups is 1. The topological polar surface area (TPSA) is 85.3 Å². The van der Waals surface area contributed by atoms with Crippen molar-refractivity contribution in [3.05, 3.63) is 53.9 Å². The van der Waals surface area contributed by atoms with Gasteiger partial charge in [0.05, 0.1) is 10.6 Å². The van der Waals surface area contributed by atoms with Crippen LogP contribution >= 0.6 is 22.7 Å². The highest BCUT2D eigenvalue weighted by atomic mass is 32.2. The van der Waals surface area contributed by atoms with Gasteiger partial charge in [-0.3, -0.25) is 5.32 Å². The third kappa shape index (κ3) is 4.22. The molecule has 8 heteroatoms. The second kappa shape index (κ2) is 9.18. The molecule has 0 spiro atoms. The first-order chi connectivity index (χ1) is 14.6. The Morgan fingerprint density at radius 3 is 2.70 bits per heavy atom. The number of amides is 1. The zero-order valence-corrected chi connectivity index (χ0v) is 18.7. The summed E-state index contributed by atoms with van der Waals surface area (Å²) in [5, 5.41) is 14.7. The molecule has 5 nitrogen and oxygen atoms in total. The van der Waals surface area contributed by atoms with Crippen LogP contribution in [0.25, 0.3) is 31.9 Å². The van der Waals surface area contributed by atoms with Crippen LogP contribution in [0.1, 0.15) is 19.8 Å². The number of aromatic nitrogens is 1. The summed E-state index contributed by atoms with van der Waals surface area (Å²) >= 11 is 1.62. The van der Waals surface area contributed by atoms with Crippen molar-refractivity contribution in [3.63, 3.8) is 0 Å². The summed E-state index contributed by atoms with van der Waals surface area (Å²) in [6, 6.07) is 15.8. The number of nitrogens with zero attached hydrogens (tertiary/aromatic N) is 1. The van der Waals surface area contributed by atoms with E-state index in [1.54, 1.807) is 11.3 Å². The van der Waals surface area contributed by atoms with Gasteiger partial charge in [-0.05, 0) is 46.2 Å². The summed E-state index contributed by atoms with van der Waals surface area (Å²) in [7, 11) is 0. The SMILES string of the molecule is CCCC[S+]([O-])c1sc2nc(-c3cccs3)cc(-c3ccccc3)c2c1NC(=O)O. The lowest BCUT2D eigenvalue weighted by Crippen LogP contribution is -2.12. The number of anilines is 1. The molecule has 0 saturated carbocycles. The van der Waals surface area contributed by atoms with Crippen LogP contribution in [0.5, 0.6) is 0 Å². The molecule has 1 atom stereocenters. The van der Waals surface area contributed by atoms with Crippen LogP contribution < -0.4 is 5.32 Å². The van der Waals surface area contributed by atoms with E-state index in [-0.39, 0.29) is 0 Å². The molecule has 3 heterocycles. The fourth-order valence-electron chi connectivity index (χ4n) is 3.22. The van der Waals surface area contributed by atoms with Gasteiger partial charge in [0.15, 0.2) is 0 Å². The van der Waals surface area contributed by atoms with Crippen molar-refractivity contribution in [2.75, 3.05) is 11.1 Å². The van der Waals surface area contributed by atoms with E-state index in [0.717, 1.165) is 34.5 Å². The maximum Gasteiger partial charge on any atom is 0.409 e. The van der Waals surface area contributed by atoms with Crippen LogP contribution in [0.15, 0.2) is 58.1 Å². The minimum absolute atomic E-state index is 0.390. The molecular formula is C22H20N2O3S3. The van der Waals surface area contributed by atoms with Gasteiger partial charge < -0.3 is 9.66 Å². The molecule has 0 aliphatic rings. The number of carboxylic acid groups (broad SMARTS) is 1. The van der Waals surface area contributed by atoms with Gasteiger partial charge in [-0.25, -0.2) is 9.78 Å². The van der Waals surface area contributed by atoms with Crippen LogP contribution in [-0.2, 0) is 11.2 Å². The molecule has 1 aromatic carbocycles. The first kappa shape index (κ1) is 20.9. The Morgan fingerprint density at radius 1 is 1.23 bits per heavy atom. The molecular weight excluding hydrogens is 436 g/mol. The monoisotopic (exact) mass is 456 g/mol. The molecule has 4 rings (SSSR count). The zero-order valence-electron chi connectivity index (χ0n) is 16.3. The fourth-order valence-corrected chi connectivity index (χ4v) is 6.77. The van der Waals surface area contributed by atoms with Crippen LogP contribution in [0.2, 0.25) is 0 Å². The van der Waals surface area contributed by atoms with E-state index in [1.807, 2.05) is 60.8 Å². The molecule has 0 aliphatic heterocycles. The minimum atomic E-state index is -1.30. The Kier molecular flexibility index (Phi) is 6.38. The second-order valence-electron chi connectivity index (χ2n) is 6.68. The summed E-state index contributed by atoms with van der Waals surface area (Å²) < 4.78 is 13.5. The molecule has 4 aromatic rings. The van der Waals surface area contributed by atoms with E-state index in [2.05, 4.69) is 5.32 Å². The van der Waals surface area contributed by atoms with Gasteiger partial charge in [0.25, 0.3) is 0 Å². The standard InChI is InChI=1S/C22H20N2O3S3/c1-2-3-12-30(27)21-19(24-22(25)26)18-15(14-8-5-4-6-9-14)13-16(23-20(18)29-21)17-10-7-11-28-17/h4-11,13,24H,2-3,12H2,1H3,(H,25,26). The minimum Gasteiger partial charge on any atom is -0.611 e. The number of pyridine rings is 1. The van der Waals surface area contributed by atoms with Crippen molar-refractivity contribution >= 4 is 55.8 Å². The van der Waals surface area contributed by atoms with Crippen molar-refractivity contribution in [2.45, 2.75) is 24.0 Å². The normalized spacial score (nSPS) is 12.2. The second-order valence-corrected chi connectivity index (χ2v) is 10.4. The number of thiophene rings is 2. The quantitative estimate of drug-likeness (QED) is 0.303. The Hall–Kier alpha value is -2.39. The van der Waals surface area contributed by atoms with Gasteiger partial charge in [0.1, 0.15) is 16.3 Å². The maximum atomic E-state index is 13.0. The zero-order chi connectivity index (χ0) is 21.1. The van der Waals surface area contributed by atoms with Crippen molar-refractivity contribution in [3.8, 4) is 21.7 Å². The number of fused-ring (bicyclic) bond motifs is 1. The number of hydrogen-bond donors (Lipinski definition) is 2. The van der Waals surface area contributed by atoms with Gasteiger partial charge in [-0.1, -0.05) is 61.1 Å². The number of benzene rings is 1. The lowest BCUT2D eigenvalue weighted by Gasteiger charge is -2.11. The summed E-state index contributed by atoms with van der Waals surface area (Å²) in [6.45, 7) is 2.04. The predicted molar refractivity (Wildman–Crippen MR) is 126 cm³/mol. The van der Waals surface area contributed by atoms with Gasteiger partial charge in [-0.15, -0.1) is 11.3 Å². The third-order valence-electron chi connectivity index (χ3n) is 4.61. The summed E-state index contributed by atoms with van der Waals surface area (Å²) in [4.78, 5) is 18.1. The van der Waals surface area contributed by atoms with Crippen molar-refractivity contribution in [1.29, 1.82) is 0 Å². The van der Waals surface area contributed by atoms with E-state index in [9.17, 15) is 14.5 Å². The van der Waals surface area contributed by atoms with Gasteiger partial charge in [0, 0.05) is 5.39 Å².